The second-order valence-corrected chi connectivity index (χ2v) is 3.44. The van der Waals surface area contributed by atoms with Gasteiger partial charge in [-0.1, -0.05) is 5.16 Å². The van der Waals surface area contributed by atoms with Gasteiger partial charge in [-0.3, -0.25) is 0 Å². The Balaban J connectivity index is 2.00. The maximum atomic E-state index is 5.53. The zero-order chi connectivity index (χ0) is 9.80. The smallest absolute Gasteiger partial charge is 0.255 e. The van der Waals surface area contributed by atoms with Crippen LogP contribution in [-0.2, 0) is 11.2 Å². The summed E-state index contributed by atoms with van der Waals surface area (Å²) >= 11 is 0. The minimum absolute atomic E-state index is 0.00257. The fourth-order valence-electron chi connectivity index (χ4n) is 1.56. The molecule has 5 heteroatoms. The van der Waals surface area contributed by atoms with Crippen LogP contribution >= 0.6 is 0 Å². The minimum Gasteiger partial charge on any atom is -0.368 e. The summed E-state index contributed by atoms with van der Waals surface area (Å²) in [4.78, 5) is 4.24. The molecule has 0 radical (unpaired) electrons. The standard InChI is InChI=1S/C9H15N3O2/c10-5-4-8-11-9(14-12-8)7-3-1-2-6-13-7/h7H,1-6,10H2. The molecule has 78 valence electrons. The second kappa shape index (κ2) is 4.52. The molecule has 0 amide bonds. The van der Waals surface area contributed by atoms with E-state index >= 15 is 0 Å². The minimum atomic E-state index is 0.00257. The molecule has 0 aliphatic carbocycles. The SMILES string of the molecule is NCCc1noc(C2CCCCO2)n1. The molecule has 1 aromatic heterocycles. The topological polar surface area (TPSA) is 74.2 Å². The Kier molecular flexibility index (Phi) is 3.10. The fourth-order valence-corrected chi connectivity index (χ4v) is 1.56. The average Bonchev–Trinajstić information content (AvgIpc) is 2.68. The summed E-state index contributed by atoms with van der Waals surface area (Å²) in [6.45, 7) is 1.34. The van der Waals surface area contributed by atoms with Crippen molar-refractivity contribution in [3.8, 4) is 0 Å². The van der Waals surface area contributed by atoms with Crippen molar-refractivity contribution in [1.82, 2.24) is 10.1 Å². The quantitative estimate of drug-likeness (QED) is 0.776. The maximum Gasteiger partial charge on any atom is 0.255 e. The molecule has 0 bridgehead atoms. The predicted octanol–water partition coefficient (Wildman–Crippen LogP) is 0.812. The summed E-state index contributed by atoms with van der Waals surface area (Å²) in [5, 5.41) is 3.84. The highest BCUT2D eigenvalue weighted by Crippen LogP contribution is 2.26. The molecular weight excluding hydrogens is 182 g/mol. The molecule has 5 nitrogen and oxygen atoms in total. The lowest BCUT2D eigenvalue weighted by molar-refractivity contribution is -0.00459. The van der Waals surface area contributed by atoms with E-state index in [1.165, 1.54) is 6.42 Å². The highest BCUT2D eigenvalue weighted by Gasteiger charge is 2.21. The molecule has 1 saturated heterocycles. The van der Waals surface area contributed by atoms with E-state index in [2.05, 4.69) is 10.1 Å². The number of hydrogen-bond acceptors (Lipinski definition) is 5. The lowest BCUT2D eigenvalue weighted by atomic mass is 10.1. The van der Waals surface area contributed by atoms with Crippen molar-refractivity contribution >= 4 is 0 Å². The van der Waals surface area contributed by atoms with E-state index in [1.54, 1.807) is 0 Å². The first-order valence-corrected chi connectivity index (χ1v) is 5.04. The van der Waals surface area contributed by atoms with Crippen molar-refractivity contribution in [1.29, 1.82) is 0 Å². The van der Waals surface area contributed by atoms with Crippen molar-refractivity contribution in [2.24, 2.45) is 5.73 Å². The van der Waals surface area contributed by atoms with E-state index in [4.69, 9.17) is 15.0 Å². The molecule has 0 aromatic carbocycles. The summed E-state index contributed by atoms with van der Waals surface area (Å²) in [6, 6.07) is 0. The van der Waals surface area contributed by atoms with Crippen LogP contribution in [0.5, 0.6) is 0 Å². The molecule has 1 aliphatic rings. The Morgan fingerprint density at radius 3 is 3.07 bits per heavy atom. The van der Waals surface area contributed by atoms with Gasteiger partial charge in [0, 0.05) is 13.0 Å². The number of hydrogen-bond donors (Lipinski definition) is 1. The molecular formula is C9H15N3O2. The number of nitrogens with zero attached hydrogens (tertiary/aromatic N) is 2. The van der Waals surface area contributed by atoms with Gasteiger partial charge in [-0.15, -0.1) is 0 Å². The van der Waals surface area contributed by atoms with Crippen LogP contribution in [-0.4, -0.2) is 23.3 Å². The lowest BCUT2D eigenvalue weighted by Crippen LogP contribution is -2.12. The van der Waals surface area contributed by atoms with Gasteiger partial charge in [-0.05, 0) is 25.8 Å². The molecule has 2 rings (SSSR count). The van der Waals surface area contributed by atoms with Crippen molar-refractivity contribution in [2.75, 3.05) is 13.2 Å². The molecule has 2 N–H and O–H groups in total. The molecule has 1 aliphatic heterocycles. The van der Waals surface area contributed by atoms with Crippen LogP contribution in [0.2, 0.25) is 0 Å². The van der Waals surface area contributed by atoms with Crippen LogP contribution in [0.1, 0.15) is 37.1 Å². The van der Waals surface area contributed by atoms with Crippen LogP contribution in [0.4, 0.5) is 0 Å². The first kappa shape index (κ1) is 9.61. The van der Waals surface area contributed by atoms with Gasteiger partial charge < -0.3 is 15.0 Å². The van der Waals surface area contributed by atoms with Gasteiger partial charge in [-0.25, -0.2) is 0 Å². The predicted molar refractivity (Wildman–Crippen MR) is 49.6 cm³/mol. The van der Waals surface area contributed by atoms with E-state index in [0.29, 0.717) is 24.7 Å². The zero-order valence-corrected chi connectivity index (χ0v) is 8.11. The maximum absolute atomic E-state index is 5.53. The van der Waals surface area contributed by atoms with Crippen molar-refractivity contribution in [2.45, 2.75) is 31.8 Å². The fraction of sp³-hybridized carbons (Fsp3) is 0.778. The molecule has 1 unspecified atom stereocenters. The molecule has 1 aromatic rings. The highest BCUT2D eigenvalue weighted by molar-refractivity contribution is 4.91. The van der Waals surface area contributed by atoms with Crippen molar-refractivity contribution in [3.63, 3.8) is 0 Å². The van der Waals surface area contributed by atoms with Crippen molar-refractivity contribution in [3.05, 3.63) is 11.7 Å². The van der Waals surface area contributed by atoms with Crippen LogP contribution in [0, 0.1) is 0 Å². The van der Waals surface area contributed by atoms with Gasteiger partial charge in [0.05, 0.1) is 0 Å². The third-order valence-corrected chi connectivity index (χ3v) is 2.31. The number of nitrogens with two attached hydrogens (primary N) is 1. The largest absolute Gasteiger partial charge is 0.368 e. The van der Waals surface area contributed by atoms with Crippen LogP contribution < -0.4 is 5.73 Å². The summed E-state index contributed by atoms with van der Waals surface area (Å²) in [7, 11) is 0. The molecule has 0 spiro atoms. The first-order chi connectivity index (χ1) is 6.90. The van der Waals surface area contributed by atoms with Gasteiger partial charge in [0.25, 0.3) is 5.89 Å². The van der Waals surface area contributed by atoms with Gasteiger partial charge in [0.15, 0.2) is 5.82 Å². The number of aromatic nitrogens is 2. The number of ether oxygens (including phenoxy) is 1. The van der Waals surface area contributed by atoms with Gasteiger partial charge in [-0.2, -0.15) is 4.98 Å². The lowest BCUT2D eigenvalue weighted by Gasteiger charge is -2.18. The van der Waals surface area contributed by atoms with E-state index < -0.39 is 0 Å². The van der Waals surface area contributed by atoms with Crippen molar-refractivity contribution < 1.29 is 9.26 Å². The Morgan fingerprint density at radius 1 is 1.43 bits per heavy atom. The van der Waals surface area contributed by atoms with Crippen LogP contribution in [0.15, 0.2) is 4.52 Å². The zero-order valence-electron chi connectivity index (χ0n) is 8.11. The first-order valence-electron chi connectivity index (χ1n) is 5.04. The van der Waals surface area contributed by atoms with Gasteiger partial charge >= 0.3 is 0 Å². The van der Waals surface area contributed by atoms with Crippen LogP contribution in [0.3, 0.4) is 0 Å². The third kappa shape index (κ3) is 2.10. The number of rotatable bonds is 3. The Bertz CT molecular complexity index is 281. The summed E-state index contributed by atoms with van der Waals surface area (Å²) < 4.78 is 10.6. The summed E-state index contributed by atoms with van der Waals surface area (Å²) in [5.41, 5.74) is 5.40. The van der Waals surface area contributed by atoms with E-state index in [9.17, 15) is 0 Å². The van der Waals surface area contributed by atoms with Gasteiger partial charge in [0.1, 0.15) is 6.10 Å². The molecule has 1 fully saturated rings. The third-order valence-electron chi connectivity index (χ3n) is 2.31. The Morgan fingerprint density at radius 2 is 2.36 bits per heavy atom. The monoisotopic (exact) mass is 197 g/mol. The highest BCUT2D eigenvalue weighted by atomic mass is 16.5. The van der Waals surface area contributed by atoms with Crippen LogP contribution in [0.25, 0.3) is 0 Å². The molecule has 2 heterocycles. The molecule has 1 atom stereocenters. The summed E-state index contributed by atoms with van der Waals surface area (Å²) in [5.74, 6) is 1.28. The normalized spacial score (nSPS) is 22.5. The Hall–Kier alpha value is -0.940. The molecule has 14 heavy (non-hydrogen) atoms. The Labute approximate surface area is 82.6 Å². The van der Waals surface area contributed by atoms with E-state index in [1.807, 2.05) is 0 Å². The van der Waals surface area contributed by atoms with Gasteiger partial charge in [0.2, 0.25) is 0 Å². The molecule has 0 saturated carbocycles. The van der Waals surface area contributed by atoms with E-state index in [-0.39, 0.29) is 6.10 Å². The van der Waals surface area contributed by atoms with E-state index in [0.717, 1.165) is 19.4 Å². The second-order valence-electron chi connectivity index (χ2n) is 3.44. The summed E-state index contributed by atoms with van der Waals surface area (Å²) in [6.07, 6.45) is 3.93. The average molecular weight is 197 g/mol.